The summed E-state index contributed by atoms with van der Waals surface area (Å²) in [5, 5.41) is 14.1. The third-order valence-electron chi connectivity index (χ3n) is 4.74. The summed E-state index contributed by atoms with van der Waals surface area (Å²) in [7, 11) is 0. The Balaban J connectivity index is 1.82. The van der Waals surface area contributed by atoms with Gasteiger partial charge in [-0.2, -0.15) is 5.26 Å². The molecule has 28 heavy (non-hydrogen) atoms. The maximum Gasteiger partial charge on any atom is 0.349 e. The molecule has 7 heteroatoms. The molecule has 0 aromatic heterocycles. The van der Waals surface area contributed by atoms with E-state index in [4.69, 9.17) is 10.00 Å². The van der Waals surface area contributed by atoms with Gasteiger partial charge in [-0.3, -0.25) is 10.1 Å². The first kappa shape index (κ1) is 21.2. The minimum absolute atomic E-state index is 0.0340. The van der Waals surface area contributed by atoms with Crippen LogP contribution in [0.3, 0.4) is 0 Å². The van der Waals surface area contributed by atoms with Crippen LogP contribution in [0.15, 0.2) is 29.8 Å². The molecule has 0 aliphatic heterocycles. The topological polar surface area (TPSA) is 108 Å². The van der Waals surface area contributed by atoms with Crippen molar-refractivity contribution < 1.29 is 19.1 Å². The van der Waals surface area contributed by atoms with Gasteiger partial charge in [0.05, 0.1) is 0 Å². The van der Waals surface area contributed by atoms with E-state index in [0.29, 0.717) is 11.5 Å². The van der Waals surface area contributed by atoms with Crippen LogP contribution in [0.5, 0.6) is 0 Å². The number of carbonyl (C=O) groups excluding carboxylic acids is 3. The lowest BCUT2D eigenvalue weighted by atomic mass is 9.86. The number of imide groups is 1. The summed E-state index contributed by atoms with van der Waals surface area (Å²) >= 11 is 0. The van der Waals surface area contributed by atoms with Crippen molar-refractivity contribution in [2.24, 2.45) is 5.92 Å². The first-order chi connectivity index (χ1) is 13.4. The lowest BCUT2D eigenvalue weighted by molar-refractivity contribution is -0.144. The molecular weight excluding hydrogens is 358 g/mol. The van der Waals surface area contributed by atoms with Crippen LogP contribution in [0, 0.1) is 24.2 Å². The summed E-state index contributed by atoms with van der Waals surface area (Å²) in [6.07, 6.45) is 5.50. The van der Waals surface area contributed by atoms with E-state index in [2.05, 4.69) is 17.6 Å². The highest BCUT2D eigenvalue weighted by atomic mass is 16.5. The molecule has 0 unspecified atom stereocenters. The van der Waals surface area contributed by atoms with Gasteiger partial charge in [0.15, 0.2) is 6.61 Å². The summed E-state index contributed by atoms with van der Waals surface area (Å²) < 4.78 is 4.84. The molecule has 1 aromatic rings. The molecule has 2 N–H and O–H groups in total. The largest absolute Gasteiger partial charge is 0.451 e. The minimum atomic E-state index is -0.917. The number of carbonyl (C=O) groups is 3. The maximum atomic E-state index is 12.0. The van der Waals surface area contributed by atoms with Crippen LogP contribution in [0.4, 0.5) is 4.79 Å². The minimum Gasteiger partial charge on any atom is -0.451 e. The highest BCUT2D eigenvalue weighted by Crippen LogP contribution is 2.23. The Bertz CT molecular complexity index is 793. The lowest BCUT2D eigenvalue weighted by Gasteiger charge is -2.29. The highest BCUT2D eigenvalue weighted by Gasteiger charge is 2.23. The molecule has 0 spiro atoms. The second kappa shape index (κ2) is 10.3. The van der Waals surface area contributed by atoms with Gasteiger partial charge in [-0.15, -0.1) is 0 Å². The molecule has 1 fully saturated rings. The Morgan fingerprint density at radius 2 is 1.89 bits per heavy atom. The second-order valence-corrected chi connectivity index (χ2v) is 7.05. The zero-order valence-corrected chi connectivity index (χ0v) is 16.2. The predicted octanol–water partition coefficient (Wildman–Crippen LogP) is 2.85. The van der Waals surface area contributed by atoms with Crippen molar-refractivity contribution in [3.63, 3.8) is 0 Å². The number of urea groups is 1. The van der Waals surface area contributed by atoms with Crippen molar-refractivity contribution in [3.8, 4) is 6.07 Å². The van der Waals surface area contributed by atoms with E-state index in [9.17, 15) is 14.4 Å². The van der Waals surface area contributed by atoms with Crippen molar-refractivity contribution in [3.05, 3.63) is 41.0 Å². The van der Waals surface area contributed by atoms with Crippen LogP contribution in [-0.2, 0) is 14.3 Å². The van der Waals surface area contributed by atoms with E-state index < -0.39 is 24.5 Å². The Hall–Kier alpha value is -3.14. The summed E-state index contributed by atoms with van der Waals surface area (Å²) in [5.41, 5.74) is 1.50. The summed E-state index contributed by atoms with van der Waals surface area (Å²) in [6.45, 7) is 3.35. The normalized spacial score (nSPS) is 19.2. The molecule has 2 atom stereocenters. The fraction of sp³-hybridized carbons (Fsp3) is 0.429. The molecule has 0 bridgehead atoms. The number of nitrogens with zero attached hydrogens (tertiary/aromatic N) is 1. The van der Waals surface area contributed by atoms with Crippen LogP contribution in [0.25, 0.3) is 6.08 Å². The Morgan fingerprint density at radius 1 is 1.21 bits per heavy atom. The quantitative estimate of drug-likeness (QED) is 0.462. The number of rotatable bonds is 5. The van der Waals surface area contributed by atoms with Gasteiger partial charge in [0.2, 0.25) is 0 Å². The van der Waals surface area contributed by atoms with Crippen LogP contribution in [0.1, 0.15) is 43.7 Å². The average molecular weight is 383 g/mol. The van der Waals surface area contributed by atoms with E-state index >= 15 is 0 Å². The number of amides is 3. The molecule has 0 radical (unpaired) electrons. The maximum absolute atomic E-state index is 12.0. The van der Waals surface area contributed by atoms with Crippen molar-refractivity contribution in [1.82, 2.24) is 10.6 Å². The smallest absolute Gasteiger partial charge is 0.349 e. The average Bonchev–Trinajstić information content (AvgIpc) is 2.67. The van der Waals surface area contributed by atoms with Crippen molar-refractivity contribution in [1.29, 1.82) is 5.26 Å². The highest BCUT2D eigenvalue weighted by molar-refractivity contribution is 6.00. The summed E-state index contributed by atoms with van der Waals surface area (Å²) in [6, 6.07) is 8.44. The monoisotopic (exact) mass is 383 g/mol. The van der Waals surface area contributed by atoms with Crippen LogP contribution in [-0.4, -0.2) is 30.6 Å². The number of aryl methyl sites for hydroxylation is 1. The Morgan fingerprint density at radius 3 is 2.54 bits per heavy atom. The zero-order chi connectivity index (χ0) is 20.5. The molecule has 2 rings (SSSR count). The third kappa shape index (κ3) is 6.54. The van der Waals surface area contributed by atoms with Gasteiger partial charge in [0.1, 0.15) is 11.6 Å². The number of hydrogen-bond donors (Lipinski definition) is 2. The lowest BCUT2D eigenvalue weighted by Crippen LogP contribution is -2.48. The molecule has 1 saturated carbocycles. The number of ether oxygens (including phenoxy) is 1. The summed E-state index contributed by atoms with van der Waals surface area (Å²) in [5.74, 6) is -1.31. The van der Waals surface area contributed by atoms with Gasteiger partial charge < -0.3 is 10.1 Å². The fourth-order valence-electron chi connectivity index (χ4n) is 3.07. The molecule has 0 heterocycles. The van der Waals surface area contributed by atoms with Gasteiger partial charge in [-0.05, 0) is 37.3 Å². The van der Waals surface area contributed by atoms with E-state index in [1.54, 1.807) is 18.2 Å². The van der Waals surface area contributed by atoms with Gasteiger partial charge in [0.25, 0.3) is 5.91 Å². The number of esters is 1. The van der Waals surface area contributed by atoms with Crippen molar-refractivity contribution >= 4 is 24.0 Å². The molecule has 1 aromatic carbocycles. The summed E-state index contributed by atoms with van der Waals surface area (Å²) in [4.78, 5) is 35.8. The number of hydrogen-bond acceptors (Lipinski definition) is 5. The van der Waals surface area contributed by atoms with Crippen molar-refractivity contribution in [2.75, 3.05) is 6.61 Å². The zero-order valence-electron chi connectivity index (χ0n) is 16.2. The molecule has 1 aliphatic carbocycles. The SMILES string of the molecule is Cc1ccc(/C=C(\C#N)C(=O)OCC(=O)NC(=O)N[C@H]2CCCC[C@@H]2C)cc1. The molecule has 148 valence electrons. The van der Waals surface area contributed by atoms with E-state index in [0.717, 1.165) is 31.2 Å². The van der Waals surface area contributed by atoms with Gasteiger partial charge in [0, 0.05) is 6.04 Å². The van der Waals surface area contributed by atoms with Gasteiger partial charge in [-0.25, -0.2) is 9.59 Å². The molecule has 3 amide bonds. The number of nitriles is 1. The first-order valence-corrected chi connectivity index (χ1v) is 9.35. The Labute approximate surface area is 164 Å². The van der Waals surface area contributed by atoms with Crippen LogP contribution in [0.2, 0.25) is 0 Å². The standard InChI is InChI=1S/C21H25N3O4/c1-14-7-9-16(10-8-14)11-17(12-22)20(26)28-13-19(25)24-21(27)23-18-6-4-3-5-15(18)2/h7-11,15,18H,3-6,13H2,1-2H3,(H2,23,24,25,27)/b17-11+/t15-,18-/m0/s1. The van der Waals surface area contributed by atoms with Crippen LogP contribution < -0.4 is 10.6 Å². The molecule has 7 nitrogen and oxygen atoms in total. The fourth-order valence-corrected chi connectivity index (χ4v) is 3.07. The second-order valence-electron chi connectivity index (χ2n) is 7.05. The van der Waals surface area contributed by atoms with Gasteiger partial charge >= 0.3 is 12.0 Å². The third-order valence-corrected chi connectivity index (χ3v) is 4.74. The van der Waals surface area contributed by atoms with E-state index in [-0.39, 0.29) is 11.6 Å². The number of benzene rings is 1. The molecule has 0 saturated heterocycles. The predicted molar refractivity (Wildman–Crippen MR) is 104 cm³/mol. The molecular formula is C21H25N3O4. The number of nitrogens with one attached hydrogen (secondary N) is 2. The Kier molecular flexibility index (Phi) is 7.76. The molecule has 1 aliphatic rings. The van der Waals surface area contributed by atoms with E-state index in [1.165, 1.54) is 6.08 Å². The van der Waals surface area contributed by atoms with E-state index in [1.807, 2.05) is 19.1 Å². The van der Waals surface area contributed by atoms with Crippen LogP contribution >= 0.6 is 0 Å². The van der Waals surface area contributed by atoms with Gasteiger partial charge in [-0.1, -0.05) is 49.6 Å². The first-order valence-electron chi connectivity index (χ1n) is 9.35. The van der Waals surface area contributed by atoms with Crippen molar-refractivity contribution in [2.45, 2.75) is 45.6 Å².